The Labute approximate surface area is 147 Å². The van der Waals surface area contributed by atoms with Crippen LogP contribution in [0.1, 0.15) is 42.3 Å². The maximum Gasteiger partial charge on any atom is 0.410 e. The summed E-state index contributed by atoms with van der Waals surface area (Å²) in [6.45, 7) is 8.25. The molecule has 0 N–H and O–H groups in total. The fraction of sp³-hybridized carbons (Fsp3) is 0.474. The van der Waals surface area contributed by atoms with Gasteiger partial charge < -0.3 is 14.2 Å². The lowest BCUT2D eigenvalue weighted by molar-refractivity contribution is -0.0564. The molecule has 2 aliphatic rings. The maximum atomic E-state index is 12.1. The minimum Gasteiger partial charge on any atom is -0.479 e. The predicted molar refractivity (Wildman–Crippen MR) is 92.7 cm³/mol. The fourth-order valence-corrected chi connectivity index (χ4v) is 2.97. The van der Waals surface area contributed by atoms with Gasteiger partial charge in [-0.15, -0.1) is 0 Å². The van der Waals surface area contributed by atoms with Crippen molar-refractivity contribution in [2.75, 3.05) is 20.2 Å². The van der Waals surface area contributed by atoms with Crippen molar-refractivity contribution in [3.63, 3.8) is 0 Å². The van der Waals surface area contributed by atoms with E-state index >= 15 is 0 Å². The molecule has 0 aromatic heterocycles. The van der Waals surface area contributed by atoms with E-state index in [4.69, 9.17) is 14.2 Å². The molecule has 6 nitrogen and oxygen atoms in total. The van der Waals surface area contributed by atoms with Gasteiger partial charge in [-0.3, -0.25) is 4.90 Å². The van der Waals surface area contributed by atoms with E-state index in [2.05, 4.69) is 0 Å². The van der Waals surface area contributed by atoms with E-state index in [9.17, 15) is 9.59 Å². The molecule has 0 radical (unpaired) electrons. The predicted octanol–water partition coefficient (Wildman–Crippen LogP) is 3.18. The number of methoxy groups -OCH3 is 1. The van der Waals surface area contributed by atoms with Crippen molar-refractivity contribution >= 4 is 18.1 Å². The summed E-state index contributed by atoms with van der Waals surface area (Å²) in [7, 11) is 1.36. The van der Waals surface area contributed by atoms with Gasteiger partial charge in [0.1, 0.15) is 11.4 Å². The normalized spacial score (nSPS) is 17.4. The molecule has 1 aromatic rings. The highest BCUT2D eigenvalue weighted by molar-refractivity contribution is 5.92. The fourth-order valence-electron chi connectivity index (χ4n) is 2.97. The molecule has 0 bridgehead atoms. The summed E-state index contributed by atoms with van der Waals surface area (Å²) >= 11 is 0. The van der Waals surface area contributed by atoms with Crippen LogP contribution in [0.4, 0.5) is 4.79 Å². The Kier molecular flexibility index (Phi) is 4.01. The minimum absolute atomic E-state index is 0.335. The van der Waals surface area contributed by atoms with Crippen LogP contribution in [0, 0.1) is 6.92 Å². The van der Waals surface area contributed by atoms with Gasteiger partial charge in [0.05, 0.1) is 25.8 Å². The van der Waals surface area contributed by atoms with Gasteiger partial charge in [0.25, 0.3) is 0 Å². The molecule has 25 heavy (non-hydrogen) atoms. The smallest absolute Gasteiger partial charge is 0.410 e. The Hall–Kier alpha value is -2.50. The number of rotatable bonds is 1. The number of amides is 1. The molecule has 6 heteroatoms. The Morgan fingerprint density at radius 2 is 1.92 bits per heavy atom. The van der Waals surface area contributed by atoms with E-state index in [-0.39, 0.29) is 12.1 Å². The molecule has 1 aromatic carbocycles. The van der Waals surface area contributed by atoms with Crippen LogP contribution in [0.2, 0.25) is 0 Å². The Balaban J connectivity index is 1.73. The van der Waals surface area contributed by atoms with Crippen molar-refractivity contribution in [3.8, 4) is 5.75 Å². The van der Waals surface area contributed by atoms with Crippen molar-refractivity contribution in [1.82, 2.24) is 4.90 Å². The van der Waals surface area contributed by atoms with Crippen molar-refractivity contribution in [2.24, 2.45) is 0 Å². The molecule has 0 atom stereocenters. The quantitative estimate of drug-likeness (QED) is 0.732. The van der Waals surface area contributed by atoms with Crippen LogP contribution in [0.15, 0.2) is 18.2 Å². The lowest BCUT2D eigenvalue weighted by atomic mass is 9.89. The van der Waals surface area contributed by atoms with Gasteiger partial charge in [-0.05, 0) is 51.5 Å². The number of benzene rings is 1. The van der Waals surface area contributed by atoms with Crippen molar-refractivity contribution in [3.05, 3.63) is 34.9 Å². The molecular weight excluding hydrogens is 322 g/mol. The highest BCUT2D eigenvalue weighted by atomic mass is 16.6. The molecule has 1 amide bonds. The van der Waals surface area contributed by atoms with E-state index in [0.717, 1.165) is 11.1 Å². The zero-order valence-electron chi connectivity index (χ0n) is 15.2. The summed E-state index contributed by atoms with van der Waals surface area (Å²) < 4.78 is 16.3. The average molecular weight is 345 g/mol. The second-order valence-electron chi connectivity index (χ2n) is 7.53. The van der Waals surface area contributed by atoms with Gasteiger partial charge >= 0.3 is 12.1 Å². The number of nitrogens with zero attached hydrogens (tertiary/aromatic N) is 1. The number of aryl methyl sites for hydroxylation is 1. The third-order valence-electron chi connectivity index (χ3n) is 4.21. The monoisotopic (exact) mass is 345 g/mol. The highest BCUT2D eigenvalue weighted by Gasteiger charge is 2.48. The van der Waals surface area contributed by atoms with Crippen LogP contribution in [0.5, 0.6) is 5.75 Å². The largest absolute Gasteiger partial charge is 0.479 e. The molecule has 2 aliphatic heterocycles. The van der Waals surface area contributed by atoms with E-state index in [1.165, 1.54) is 7.11 Å². The first-order valence-electron chi connectivity index (χ1n) is 8.22. The number of likely N-dealkylation sites (tertiary alicyclic amines) is 1. The number of carbonyl (C=O) groups is 2. The van der Waals surface area contributed by atoms with Crippen LogP contribution >= 0.6 is 0 Å². The third-order valence-corrected chi connectivity index (χ3v) is 4.21. The van der Waals surface area contributed by atoms with Crippen LogP contribution in [0.3, 0.4) is 0 Å². The summed E-state index contributed by atoms with van der Waals surface area (Å²) in [5.74, 6) is 0.338. The van der Waals surface area contributed by atoms with Crippen molar-refractivity contribution in [2.45, 2.75) is 38.9 Å². The maximum absolute atomic E-state index is 12.1. The molecule has 0 saturated carbocycles. The summed E-state index contributed by atoms with van der Waals surface area (Å²) in [6, 6.07) is 3.60. The number of hydrogen-bond donors (Lipinski definition) is 0. The Morgan fingerprint density at radius 1 is 1.24 bits per heavy atom. The molecule has 2 heterocycles. The SMILES string of the molecule is COC(=O)c1cc2c(cc1C)OC1(C=C2)CN(C(=O)OC(C)(C)C)C1. The van der Waals surface area contributed by atoms with Crippen LogP contribution in [-0.2, 0) is 9.47 Å². The first-order valence-corrected chi connectivity index (χ1v) is 8.22. The third kappa shape index (κ3) is 3.34. The second-order valence-corrected chi connectivity index (χ2v) is 7.53. The first kappa shape index (κ1) is 17.3. The van der Waals surface area contributed by atoms with E-state index < -0.39 is 11.2 Å². The van der Waals surface area contributed by atoms with Crippen LogP contribution < -0.4 is 4.74 Å². The number of hydrogen-bond acceptors (Lipinski definition) is 5. The van der Waals surface area contributed by atoms with Gasteiger partial charge in [0.15, 0.2) is 5.60 Å². The first-order chi connectivity index (χ1) is 11.6. The van der Waals surface area contributed by atoms with E-state index in [1.54, 1.807) is 11.0 Å². The molecule has 3 rings (SSSR count). The van der Waals surface area contributed by atoms with Crippen LogP contribution in [-0.4, -0.2) is 48.4 Å². The van der Waals surface area contributed by atoms with E-state index in [0.29, 0.717) is 24.4 Å². The van der Waals surface area contributed by atoms with Gasteiger partial charge in [-0.1, -0.05) is 6.08 Å². The summed E-state index contributed by atoms with van der Waals surface area (Å²) in [5, 5.41) is 0. The molecule has 0 unspecified atom stereocenters. The number of ether oxygens (including phenoxy) is 3. The molecule has 134 valence electrons. The number of esters is 1. The van der Waals surface area contributed by atoms with Gasteiger partial charge in [-0.25, -0.2) is 9.59 Å². The Morgan fingerprint density at radius 3 is 2.52 bits per heavy atom. The molecule has 0 aliphatic carbocycles. The van der Waals surface area contributed by atoms with E-state index in [1.807, 2.05) is 45.9 Å². The number of carbonyl (C=O) groups excluding carboxylic acids is 2. The van der Waals surface area contributed by atoms with Crippen molar-refractivity contribution in [1.29, 1.82) is 0 Å². The Bertz CT molecular complexity index is 754. The second kappa shape index (κ2) is 5.79. The lowest BCUT2D eigenvalue weighted by Crippen LogP contribution is -2.66. The summed E-state index contributed by atoms with van der Waals surface area (Å²) in [4.78, 5) is 25.5. The van der Waals surface area contributed by atoms with Gasteiger partial charge in [0.2, 0.25) is 0 Å². The molecule has 1 spiro atoms. The van der Waals surface area contributed by atoms with Crippen molar-refractivity contribution < 1.29 is 23.8 Å². The minimum atomic E-state index is -0.525. The van der Waals surface area contributed by atoms with Gasteiger partial charge in [0, 0.05) is 5.56 Å². The highest BCUT2D eigenvalue weighted by Crippen LogP contribution is 2.38. The van der Waals surface area contributed by atoms with Gasteiger partial charge in [-0.2, -0.15) is 0 Å². The zero-order valence-corrected chi connectivity index (χ0v) is 15.2. The summed E-state index contributed by atoms with van der Waals surface area (Å²) in [6.07, 6.45) is 3.53. The average Bonchev–Trinajstić information content (AvgIpc) is 2.48. The topological polar surface area (TPSA) is 65.1 Å². The molecular formula is C19H23NO5. The number of fused-ring (bicyclic) bond motifs is 1. The standard InChI is InChI=1S/C19H23NO5/c1-12-8-15-13(9-14(12)16(21)23-5)6-7-19(24-15)10-20(11-19)17(22)25-18(2,3)4/h6-9H,10-11H2,1-5H3. The molecule has 1 saturated heterocycles. The zero-order chi connectivity index (χ0) is 18.4. The molecule has 1 fully saturated rings. The summed E-state index contributed by atoms with van der Waals surface area (Å²) in [5.41, 5.74) is 1.10. The van der Waals surface area contributed by atoms with Crippen LogP contribution in [0.25, 0.3) is 6.08 Å². The lowest BCUT2D eigenvalue weighted by Gasteiger charge is -2.49.